The highest BCUT2D eigenvalue weighted by molar-refractivity contribution is 7.89. The van der Waals surface area contributed by atoms with Gasteiger partial charge in [-0.3, -0.25) is 0 Å². The van der Waals surface area contributed by atoms with Crippen LogP contribution in [0.15, 0.2) is 23.1 Å². The first-order chi connectivity index (χ1) is 9.32. The molecule has 0 aliphatic heterocycles. The van der Waals surface area contributed by atoms with E-state index in [1.165, 1.54) is 4.31 Å². The van der Waals surface area contributed by atoms with Crippen LogP contribution < -0.4 is 5.73 Å². The summed E-state index contributed by atoms with van der Waals surface area (Å²) in [5, 5.41) is 0. The minimum absolute atomic E-state index is 0.110. The molecule has 0 heterocycles. The summed E-state index contributed by atoms with van der Waals surface area (Å²) in [5.74, 6) is 0.706. The first-order valence-electron chi connectivity index (χ1n) is 7.16. The van der Waals surface area contributed by atoms with Crippen LogP contribution in [0.4, 0.5) is 5.69 Å². The van der Waals surface area contributed by atoms with Crippen molar-refractivity contribution in [2.45, 2.75) is 50.5 Å². The summed E-state index contributed by atoms with van der Waals surface area (Å²) in [6, 6.07) is 5.08. The Morgan fingerprint density at radius 3 is 2.35 bits per heavy atom. The number of hydrogen-bond donors (Lipinski definition) is 1. The molecule has 112 valence electrons. The molecule has 0 radical (unpaired) electrons. The molecule has 5 heteroatoms. The van der Waals surface area contributed by atoms with Crippen molar-refractivity contribution in [3.63, 3.8) is 0 Å². The predicted molar refractivity (Wildman–Crippen MR) is 82.0 cm³/mol. The Balaban J connectivity index is 2.23. The van der Waals surface area contributed by atoms with Gasteiger partial charge in [-0.15, -0.1) is 0 Å². The molecule has 0 atom stereocenters. The molecule has 1 aromatic rings. The zero-order valence-corrected chi connectivity index (χ0v) is 13.3. The maximum atomic E-state index is 12.6. The number of nitrogens with two attached hydrogens (primary N) is 1. The van der Waals surface area contributed by atoms with Crippen LogP contribution in [0.25, 0.3) is 0 Å². The Morgan fingerprint density at radius 1 is 1.20 bits per heavy atom. The number of anilines is 1. The van der Waals surface area contributed by atoms with Crippen molar-refractivity contribution in [2.75, 3.05) is 12.8 Å². The van der Waals surface area contributed by atoms with Gasteiger partial charge in [0, 0.05) is 18.8 Å². The summed E-state index contributed by atoms with van der Waals surface area (Å²) in [6.45, 7) is 4.10. The van der Waals surface area contributed by atoms with Crippen molar-refractivity contribution < 1.29 is 8.42 Å². The van der Waals surface area contributed by atoms with Gasteiger partial charge < -0.3 is 5.73 Å². The molecule has 2 N–H and O–H groups in total. The molecule has 0 aromatic heterocycles. The normalized spacial score (nSPS) is 24.0. The van der Waals surface area contributed by atoms with E-state index in [1.807, 2.05) is 6.92 Å². The number of benzene rings is 1. The van der Waals surface area contributed by atoms with Gasteiger partial charge in [0.05, 0.1) is 4.90 Å². The molecule has 1 aliphatic carbocycles. The lowest BCUT2D eigenvalue weighted by Gasteiger charge is -2.32. The van der Waals surface area contributed by atoms with Crippen molar-refractivity contribution in [3.8, 4) is 0 Å². The number of rotatable bonds is 3. The van der Waals surface area contributed by atoms with E-state index in [9.17, 15) is 8.42 Å². The van der Waals surface area contributed by atoms with Crippen LogP contribution in [0.3, 0.4) is 0 Å². The lowest BCUT2D eigenvalue weighted by Crippen LogP contribution is -2.39. The van der Waals surface area contributed by atoms with E-state index < -0.39 is 10.0 Å². The molecule has 0 unspecified atom stereocenters. The summed E-state index contributed by atoms with van der Waals surface area (Å²) in [6.07, 6.45) is 4.08. The Bertz CT molecular complexity index is 576. The molecule has 0 spiro atoms. The lowest BCUT2D eigenvalue weighted by atomic mass is 9.87. The zero-order valence-electron chi connectivity index (χ0n) is 12.5. The van der Waals surface area contributed by atoms with Gasteiger partial charge in [-0.2, -0.15) is 4.31 Å². The molecule has 0 amide bonds. The molecule has 1 aliphatic rings. The van der Waals surface area contributed by atoms with Crippen LogP contribution in [0.1, 0.15) is 38.2 Å². The van der Waals surface area contributed by atoms with Crippen molar-refractivity contribution >= 4 is 15.7 Å². The Labute approximate surface area is 122 Å². The summed E-state index contributed by atoms with van der Waals surface area (Å²) in [4.78, 5) is 0.293. The smallest absolute Gasteiger partial charge is 0.243 e. The zero-order chi connectivity index (χ0) is 14.9. The monoisotopic (exact) mass is 296 g/mol. The van der Waals surface area contributed by atoms with E-state index in [-0.39, 0.29) is 6.04 Å². The summed E-state index contributed by atoms with van der Waals surface area (Å²) in [5.41, 5.74) is 7.26. The van der Waals surface area contributed by atoms with Crippen LogP contribution in [0.5, 0.6) is 0 Å². The Hall–Kier alpha value is -1.07. The third-order valence-corrected chi connectivity index (χ3v) is 6.33. The minimum atomic E-state index is -3.44. The third kappa shape index (κ3) is 2.99. The van der Waals surface area contributed by atoms with Gasteiger partial charge in [0.25, 0.3) is 0 Å². The highest BCUT2D eigenvalue weighted by Crippen LogP contribution is 2.30. The molecule has 0 bridgehead atoms. The standard InChI is InChI=1S/C15H24N2O2S/c1-11-4-7-13(8-5-11)17(3)20(18,19)14-9-6-12(2)15(16)10-14/h6,9-11,13H,4-5,7-8,16H2,1-3H3. The minimum Gasteiger partial charge on any atom is -0.398 e. The molecule has 1 aromatic carbocycles. The van der Waals surface area contributed by atoms with Gasteiger partial charge in [0.1, 0.15) is 0 Å². The predicted octanol–water partition coefficient (Wildman–Crippen LogP) is 2.78. The maximum absolute atomic E-state index is 12.6. The van der Waals surface area contributed by atoms with Crippen LogP contribution in [0, 0.1) is 12.8 Å². The highest BCUT2D eigenvalue weighted by atomic mass is 32.2. The highest BCUT2D eigenvalue weighted by Gasteiger charge is 2.30. The van der Waals surface area contributed by atoms with E-state index in [0.29, 0.717) is 16.5 Å². The van der Waals surface area contributed by atoms with Gasteiger partial charge in [0.2, 0.25) is 10.0 Å². The van der Waals surface area contributed by atoms with Crippen LogP contribution in [0.2, 0.25) is 0 Å². The molecular formula is C15H24N2O2S. The first kappa shape index (κ1) is 15.3. The average Bonchev–Trinajstić information content (AvgIpc) is 2.41. The van der Waals surface area contributed by atoms with Crippen LogP contribution >= 0.6 is 0 Å². The number of hydrogen-bond acceptors (Lipinski definition) is 3. The topological polar surface area (TPSA) is 63.4 Å². The van der Waals surface area contributed by atoms with E-state index in [1.54, 1.807) is 25.2 Å². The molecular weight excluding hydrogens is 272 g/mol. The van der Waals surface area contributed by atoms with Crippen molar-refractivity contribution in [3.05, 3.63) is 23.8 Å². The maximum Gasteiger partial charge on any atom is 0.243 e. The van der Waals surface area contributed by atoms with E-state index in [0.717, 1.165) is 31.2 Å². The van der Waals surface area contributed by atoms with Gasteiger partial charge in [-0.05, 0) is 56.2 Å². The molecule has 1 saturated carbocycles. The summed E-state index contributed by atoms with van der Waals surface area (Å²) < 4.78 is 26.8. The second-order valence-electron chi connectivity index (χ2n) is 5.95. The first-order valence-corrected chi connectivity index (χ1v) is 8.60. The van der Waals surface area contributed by atoms with Crippen LogP contribution in [-0.2, 0) is 10.0 Å². The molecule has 4 nitrogen and oxygen atoms in total. The largest absolute Gasteiger partial charge is 0.398 e. The molecule has 0 saturated heterocycles. The van der Waals surface area contributed by atoms with Gasteiger partial charge in [-0.1, -0.05) is 13.0 Å². The van der Waals surface area contributed by atoms with Crippen molar-refractivity contribution in [1.29, 1.82) is 0 Å². The second kappa shape index (κ2) is 5.74. The van der Waals surface area contributed by atoms with Crippen molar-refractivity contribution in [1.82, 2.24) is 4.31 Å². The number of nitrogens with zero attached hydrogens (tertiary/aromatic N) is 1. The Morgan fingerprint density at radius 2 is 1.80 bits per heavy atom. The Kier molecular flexibility index (Phi) is 4.39. The number of sulfonamides is 1. The van der Waals surface area contributed by atoms with E-state index in [4.69, 9.17) is 5.73 Å². The molecule has 2 rings (SSSR count). The summed E-state index contributed by atoms with van der Waals surface area (Å²) >= 11 is 0. The fourth-order valence-electron chi connectivity index (χ4n) is 2.75. The number of nitrogen functional groups attached to an aromatic ring is 1. The molecule has 1 fully saturated rings. The fourth-order valence-corrected chi connectivity index (χ4v) is 4.20. The van der Waals surface area contributed by atoms with Gasteiger partial charge in [-0.25, -0.2) is 8.42 Å². The van der Waals surface area contributed by atoms with E-state index >= 15 is 0 Å². The number of aryl methyl sites for hydroxylation is 1. The van der Waals surface area contributed by atoms with Crippen LogP contribution in [-0.4, -0.2) is 25.8 Å². The molecule has 20 heavy (non-hydrogen) atoms. The second-order valence-corrected chi connectivity index (χ2v) is 7.95. The SMILES string of the molecule is Cc1ccc(S(=O)(=O)N(C)C2CCC(C)CC2)cc1N. The van der Waals surface area contributed by atoms with Crippen molar-refractivity contribution in [2.24, 2.45) is 5.92 Å². The quantitative estimate of drug-likeness (QED) is 0.872. The lowest BCUT2D eigenvalue weighted by molar-refractivity contribution is 0.246. The van der Waals surface area contributed by atoms with E-state index in [2.05, 4.69) is 6.92 Å². The third-order valence-electron chi connectivity index (χ3n) is 4.43. The fraction of sp³-hybridized carbons (Fsp3) is 0.600. The summed E-state index contributed by atoms with van der Waals surface area (Å²) in [7, 11) is -1.76. The van der Waals surface area contributed by atoms with Gasteiger partial charge in [0.15, 0.2) is 0 Å². The average molecular weight is 296 g/mol. The van der Waals surface area contributed by atoms with Gasteiger partial charge >= 0.3 is 0 Å².